The molecule has 5 rings (SSSR count). The number of aromatic nitrogens is 3. The lowest BCUT2D eigenvalue weighted by atomic mass is 9.81. The fourth-order valence-electron chi connectivity index (χ4n) is 5.43. The third kappa shape index (κ3) is 8.33. The summed E-state index contributed by atoms with van der Waals surface area (Å²) in [5.74, 6) is 1.05. The van der Waals surface area contributed by atoms with Crippen molar-refractivity contribution in [3.63, 3.8) is 0 Å². The van der Waals surface area contributed by atoms with Gasteiger partial charge in [-0.2, -0.15) is 13.2 Å². The Morgan fingerprint density at radius 3 is 2.49 bits per heavy atom. The summed E-state index contributed by atoms with van der Waals surface area (Å²) in [4.78, 5) is 28.1. The first-order valence-corrected chi connectivity index (χ1v) is 14.5. The van der Waals surface area contributed by atoms with Crippen molar-refractivity contribution >= 4 is 45.7 Å². The van der Waals surface area contributed by atoms with Crippen molar-refractivity contribution in [2.24, 2.45) is 5.92 Å². The molecule has 1 aliphatic rings. The number of thiophene rings is 1. The molecule has 230 valence electrons. The van der Waals surface area contributed by atoms with Crippen LogP contribution in [-0.2, 0) is 17.8 Å². The molecule has 0 bridgehead atoms. The zero-order valence-corrected chi connectivity index (χ0v) is 25.7. The maximum Gasteiger partial charge on any atom is 0.393 e. The highest BCUT2D eigenvalue weighted by Gasteiger charge is 2.34. The van der Waals surface area contributed by atoms with Crippen molar-refractivity contribution in [1.29, 1.82) is 0 Å². The highest BCUT2D eigenvalue weighted by Crippen LogP contribution is 2.35. The molecule has 3 heterocycles. The van der Waals surface area contributed by atoms with E-state index in [4.69, 9.17) is 4.74 Å². The second kappa shape index (κ2) is 13.9. The van der Waals surface area contributed by atoms with Gasteiger partial charge in [0.1, 0.15) is 22.7 Å². The van der Waals surface area contributed by atoms with Crippen molar-refractivity contribution < 1.29 is 22.7 Å². The monoisotopic (exact) mass is 634 g/mol. The summed E-state index contributed by atoms with van der Waals surface area (Å²) in [7, 11) is 5.12. The molecule has 1 aromatic carbocycles. The number of methoxy groups -OCH3 is 1. The molecule has 0 saturated heterocycles. The number of amides is 1. The van der Waals surface area contributed by atoms with Gasteiger partial charge in [-0.05, 0) is 42.5 Å². The average molecular weight is 635 g/mol. The van der Waals surface area contributed by atoms with Gasteiger partial charge in [0, 0.05) is 55.3 Å². The van der Waals surface area contributed by atoms with Crippen molar-refractivity contribution in [1.82, 2.24) is 25.2 Å². The van der Waals surface area contributed by atoms with Crippen LogP contribution in [0.3, 0.4) is 0 Å². The Kier molecular flexibility index (Phi) is 10.5. The molecule has 1 saturated carbocycles. The lowest BCUT2D eigenvalue weighted by Crippen LogP contribution is -2.46. The van der Waals surface area contributed by atoms with Gasteiger partial charge in [-0.25, -0.2) is 9.97 Å². The van der Waals surface area contributed by atoms with Gasteiger partial charge in [-0.3, -0.25) is 9.78 Å². The maximum atomic E-state index is 13.0. The van der Waals surface area contributed by atoms with Crippen LogP contribution in [0.5, 0.6) is 5.75 Å². The highest BCUT2D eigenvalue weighted by molar-refractivity contribution is 7.18. The number of anilines is 1. The third-order valence-electron chi connectivity index (χ3n) is 7.42. The van der Waals surface area contributed by atoms with Crippen LogP contribution in [0.15, 0.2) is 55.1 Å². The molecule has 43 heavy (non-hydrogen) atoms. The molecule has 0 aliphatic heterocycles. The number of fused-ring (bicyclic) bond motifs is 1. The second-order valence-corrected chi connectivity index (χ2v) is 11.9. The van der Waals surface area contributed by atoms with Gasteiger partial charge < -0.3 is 20.3 Å². The van der Waals surface area contributed by atoms with E-state index in [-0.39, 0.29) is 41.2 Å². The van der Waals surface area contributed by atoms with Crippen molar-refractivity contribution in [2.75, 3.05) is 26.5 Å². The van der Waals surface area contributed by atoms with Gasteiger partial charge >= 0.3 is 6.18 Å². The van der Waals surface area contributed by atoms with Crippen LogP contribution in [0, 0.1) is 5.92 Å². The fourth-order valence-corrected chi connectivity index (χ4v) is 6.46. The molecule has 8 nitrogen and oxygen atoms in total. The Labute approximate surface area is 258 Å². The molecular weight excluding hydrogens is 601 g/mol. The predicted octanol–water partition coefficient (Wildman–Crippen LogP) is 6.12. The number of benzene rings is 1. The highest BCUT2D eigenvalue weighted by atomic mass is 35.5. The van der Waals surface area contributed by atoms with E-state index in [1.165, 1.54) is 12.4 Å². The Balaban J connectivity index is 0.00000423. The van der Waals surface area contributed by atoms with Gasteiger partial charge in [-0.1, -0.05) is 24.3 Å². The first-order chi connectivity index (χ1) is 20.1. The number of ether oxygens (including phenoxy) is 1. The van der Waals surface area contributed by atoms with Crippen LogP contribution in [0.2, 0.25) is 0 Å². The summed E-state index contributed by atoms with van der Waals surface area (Å²) in [6.45, 7) is 0.625. The first kappa shape index (κ1) is 32.4. The molecule has 2 N–H and O–H groups in total. The fraction of sp³-hybridized carbons (Fsp3) is 0.400. The predicted molar refractivity (Wildman–Crippen MR) is 165 cm³/mol. The summed E-state index contributed by atoms with van der Waals surface area (Å²) in [6, 6.07) is 11.6. The van der Waals surface area contributed by atoms with Crippen LogP contribution in [-0.4, -0.2) is 65.2 Å². The number of carbonyl (C=O) groups excluding carboxylic acids is 1. The van der Waals surface area contributed by atoms with E-state index < -0.39 is 12.6 Å². The summed E-state index contributed by atoms with van der Waals surface area (Å²) in [5.41, 5.74) is 3.11. The van der Waals surface area contributed by atoms with Crippen LogP contribution in [0.25, 0.3) is 21.3 Å². The number of hydrogen-bond donors (Lipinski definition) is 2. The number of pyridine rings is 1. The summed E-state index contributed by atoms with van der Waals surface area (Å²) < 4.78 is 44.3. The largest absolute Gasteiger partial charge is 0.495 e. The average Bonchev–Trinajstić information content (AvgIpc) is 3.37. The van der Waals surface area contributed by atoms with Crippen molar-refractivity contribution in [3.8, 4) is 16.9 Å². The summed E-state index contributed by atoms with van der Waals surface area (Å²) in [5, 5.41) is 7.63. The standard InChI is InChI=1S/C30H33F3N6O2S.ClH/c1-39(2)29(40)20-8-22(35-14-18-4-6-19(7-5-18)21-10-24(41-3)16-34-15-21)11-23(9-20)38-27-26-12-25(13-30(31,32)33)42-28(26)37-17-36-27;/h4-7,10,12,15-17,20,22-23,35H,8-9,11,13-14H2,1-3H3,(H,36,37,38);1H/t20-,22+,23-;/m1./s1. The van der Waals surface area contributed by atoms with E-state index in [1.54, 1.807) is 38.5 Å². The van der Waals surface area contributed by atoms with Crippen molar-refractivity contribution in [3.05, 3.63) is 65.6 Å². The summed E-state index contributed by atoms with van der Waals surface area (Å²) in [6.07, 6.45) is 1.56. The minimum Gasteiger partial charge on any atom is -0.495 e. The van der Waals surface area contributed by atoms with Crippen LogP contribution in [0.4, 0.5) is 19.0 Å². The van der Waals surface area contributed by atoms with Gasteiger partial charge in [0.15, 0.2) is 0 Å². The van der Waals surface area contributed by atoms with E-state index >= 15 is 0 Å². The lowest BCUT2D eigenvalue weighted by molar-refractivity contribution is -0.134. The van der Waals surface area contributed by atoms with E-state index in [2.05, 4.69) is 37.7 Å². The number of rotatable bonds is 9. The van der Waals surface area contributed by atoms with Gasteiger partial charge in [-0.15, -0.1) is 23.7 Å². The number of nitrogens with zero attached hydrogens (tertiary/aromatic N) is 4. The molecule has 4 aromatic rings. The molecule has 3 aromatic heterocycles. The maximum absolute atomic E-state index is 13.0. The quantitative estimate of drug-likeness (QED) is 0.229. The zero-order chi connectivity index (χ0) is 29.9. The minimum absolute atomic E-state index is 0. The molecule has 0 spiro atoms. The van der Waals surface area contributed by atoms with Crippen LogP contribution >= 0.6 is 23.7 Å². The second-order valence-electron chi connectivity index (χ2n) is 10.8. The molecule has 1 amide bonds. The zero-order valence-electron chi connectivity index (χ0n) is 24.0. The molecule has 13 heteroatoms. The Morgan fingerprint density at radius 1 is 1.05 bits per heavy atom. The molecular formula is C30H34ClF3N6O2S. The lowest BCUT2D eigenvalue weighted by Gasteiger charge is -2.36. The van der Waals surface area contributed by atoms with Crippen LogP contribution in [0.1, 0.15) is 29.7 Å². The Hall–Kier alpha value is -3.48. The van der Waals surface area contributed by atoms with E-state index in [1.807, 2.05) is 18.2 Å². The smallest absolute Gasteiger partial charge is 0.393 e. The number of halogens is 4. The number of nitrogens with one attached hydrogen (secondary N) is 2. The molecule has 0 unspecified atom stereocenters. The molecule has 0 radical (unpaired) electrons. The normalized spacial score (nSPS) is 18.6. The summed E-state index contributed by atoms with van der Waals surface area (Å²) >= 11 is 1.02. The number of hydrogen-bond acceptors (Lipinski definition) is 8. The van der Waals surface area contributed by atoms with Gasteiger partial charge in [0.05, 0.1) is 25.1 Å². The molecule has 3 atom stereocenters. The molecule has 1 fully saturated rings. The van der Waals surface area contributed by atoms with Crippen molar-refractivity contribution in [2.45, 2.75) is 50.5 Å². The SMILES string of the molecule is COc1cncc(-c2ccc(CN[C@@H]3C[C@H](Nc4ncnc5sc(CC(F)(F)F)cc45)C[C@H](C(=O)N(C)C)C3)cc2)c1.Cl. The van der Waals surface area contributed by atoms with Gasteiger partial charge in [0.2, 0.25) is 5.91 Å². The van der Waals surface area contributed by atoms with Crippen LogP contribution < -0.4 is 15.4 Å². The van der Waals surface area contributed by atoms with E-state index in [0.717, 1.165) is 34.4 Å². The first-order valence-electron chi connectivity index (χ1n) is 13.7. The van der Waals surface area contributed by atoms with Gasteiger partial charge in [0.25, 0.3) is 0 Å². The number of alkyl halides is 3. The topological polar surface area (TPSA) is 92.3 Å². The Morgan fingerprint density at radius 2 is 1.79 bits per heavy atom. The van der Waals surface area contributed by atoms with E-state index in [0.29, 0.717) is 41.2 Å². The number of carbonyl (C=O) groups is 1. The van der Waals surface area contributed by atoms with E-state index in [9.17, 15) is 18.0 Å². The third-order valence-corrected chi connectivity index (χ3v) is 8.47. The molecule has 1 aliphatic carbocycles. The minimum atomic E-state index is -4.30. The Bertz CT molecular complexity index is 1530.